The van der Waals surface area contributed by atoms with E-state index in [9.17, 15) is 14.7 Å². The van der Waals surface area contributed by atoms with Crippen molar-refractivity contribution in [3.05, 3.63) is 29.8 Å². The molecule has 0 bridgehead atoms. The summed E-state index contributed by atoms with van der Waals surface area (Å²) in [5.74, 6) is -3.25. The van der Waals surface area contributed by atoms with Gasteiger partial charge < -0.3 is 15.9 Å². The van der Waals surface area contributed by atoms with Crippen LogP contribution in [0.15, 0.2) is 24.3 Å². The highest BCUT2D eigenvalue weighted by molar-refractivity contribution is 6.09. The Morgan fingerprint density at radius 1 is 1.31 bits per heavy atom. The lowest BCUT2D eigenvalue weighted by molar-refractivity contribution is -0.140. The molecule has 0 aromatic heterocycles. The highest BCUT2D eigenvalue weighted by Crippen LogP contribution is 2.21. The normalized spacial score (nSPS) is 12.1. The first-order valence-electron chi connectivity index (χ1n) is 4.83. The van der Waals surface area contributed by atoms with Crippen molar-refractivity contribution in [1.82, 2.24) is 0 Å². The van der Waals surface area contributed by atoms with Gasteiger partial charge in [-0.05, 0) is 25.1 Å². The molecular weight excluding hydrogens is 210 g/mol. The molecule has 0 fully saturated rings. The molecule has 0 heterocycles. The number of ketones is 1. The minimum absolute atomic E-state index is 0.0170. The number of phenolic OH excluding ortho intramolecular Hbond substituents is 1. The number of nitrogens with two attached hydrogens (primary N) is 1. The minimum atomic E-state index is -1.22. The van der Waals surface area contributed by atoms with E-state index in [1.165, 1.54) is 12.1 Å². The Morgan fingerprint density at radius 2 is 1.94 bits per heavy atom. The number of hydrogen-bond donors (Lipinski definition) is 3. The number of rotatable bonds is 5. The number of carbonyl (C=O) groups excluding carboxylic acids is 1. The third-order valence-corrected chi connectivity index (χ3v) is 2.24. The molecule has 5 nitrogen and oxygen atoms in total. The van der Waals surface area contributed by atoms with Gasteiger partial charge in [-0.2, -0.15) is 0 Å². The average molecular weight is 223 g/mol. The van der Waals surface area contributed by atoms with Gasteiger partial charge in [0.05, 0.1) is 5.56 Å². The molecule has 4 N–H and O–H groups in total. The lowest BCUT2D eigenvalue weighted by Crippen LogP contribution is -2.26. The van der Waals surface area contributed by atoms with Crippen molar-refractivity contribution in [3.63, 3.8) is 0 Å². The van der Waals surface area contributed by atoms with Crippen LogP contribution in [-0.4, -0.2) is 28.5 Å². The molecule has 0 spiro atoms. The molecule has 1 unspecified atom stereocenters. The van der Waals surface area contributed by atoms with E-state index in [1.807, 2.05) is 0 Å². The molecule has 1 aromatic carbocycles. The molecule has 5 heteroatoms. The monoisotopic (exact) mass is 223 g/mol. The van der Waals surface area contributed by atoms with E-state index in [-0.39, 0.29) is 24.3 Å². The zero-order valence-corrected chi connectivity index (χ0v) is 8.59. The van der Waals surface area contributed by atoms with E-state index in [1.54, 1.807) is 12.1 Å². The number of Topliss-reactive ketones (excluding diaryl/α,β-unsaturated/α-hetero) is 1. The molecule has 0 aliphatic heterocycles. The van der Waals surface area contributed by atoms with Crippen LogP contribution in [0.1, 0.15) is 16.8 Å². The summed E-state index contributed by atoms with van der Waals surface area (Å²) in [4.78, 5) is 22.7. The minimum Gasteiger partial charge on any atom is -0.507 e. The van der Waals surface area contributed by atoms with Crippen molar-refractivity contribution < 1.29 is 19.8 Å². The Morgan fingerprint density at radius 3 is 2.44 bits per heavy atom. The summed E-state index contributed by atoms with van der Waals surface area (Å²) < 4.78 is 0. The number of phenols is 1. The van der Waals surface area contributed by atoms with Crippen LogP contribution in [-0.2, 0) is 4.79 Å². The molecule has 0 aliphatic rings. The third-order valence-electron chi connectivity index (χ3n) is 2.24. The SMILES string of the molecule is NCCC(C(=O)O)C(=O)c1ccccc1O. The average Bonchev–Trinajstić information content (AvgIpc) is 2.25. The summed E-state index contributed by atoms with van der Waals surface area (Å²) in [7, 11) is 0. The fraction of sp³-hybridized carbons (Fsp3) is 0.273. The number of carboxylic acid groups (broad SMARTS) is 1. The van der Waals surface area contributed by atoms with Crippen molar-refractivity contribution in [1.29, 1.82) is 0 Å². The molecule has 1 aromatic rings. The van der Waals surface area contributed by atoms with Gasteiger partial charge in [-0.25, -0.2) is 0 Å². The summed E-state index contributed by atoms with van der Waals surface area (Å²) >= 11 is 0. The fourth-order valence-corrected chi connectivity index (χ4v) is 1.40. The maximum Gasteiger partial charge on any atom is 0.314 e. The molecule has 0 saturated carbocycles. The summed E-state index contributed by atoms with van der Waals surface area (Å²) in [5.41, 5.74) is 5.26. The van der Waals surface area contributed by atoms with Crippen LogP contribution in [0.3, 0.4) is 0 Å². The molecular formula is C11H13NO4. The van der Waals surface area contributed by atoms with Gasteiger partial charge in [-0.15, -0.1) is 0 Å². The number of para-hydroxylation sites is 1. The van der Waals surface area contributed by atoms with E-state index in [2.05, 4.69) is 0 Å². The van der Waals surface area contributed by atoms with Gasteiger partial charge in [0.2, 0.25) is 0 Å². The summed E-state index contributed by atoms with van der Waals surface area (Å²) in [6.07, 6.45) is 0.0580. The molecule has 0 amide bonds. The van der Waals surface area contributed by atoms with E-state index in [4.69, 9.17) is 10.8 Å². The topological polar surface area (TPSA) is 101 Å². The van der Waals surface area contributed by atoms with Crippen molar-refractivity contribution in [2.45, 2.75) is 6.42 Å². The van der Waals surface area contributed by atoms with Crippen molar-refractivity contribution in [2.75, 3.05) is 6.54 Å². The quantitative estimate of drug-likeness (QED) is 0.502. The second-order valence-corrected chi connectivity index (χ2v) is 3.35. The highest BCUT2D eigenvalue weighted by atomic mass is 16.4. The van der Waals surface area contributed by atoms with E-state index >= 15 is 0 Å². The van der Waals surface area contributed by atoms with Crippen molar-refractivity contribution in [3.8, 4) is 5.75 Å². The number of aromatic hydroxyl groups is 1. The summed E-state index contributed by atoms with van der Waals surface area (Å²) in [5, 5.41) is 18.3. The number of carbonyl (C=O) groups is 2. The van der Waals surface area contributed by atoms with Gasteiger partial charge in [0, 0.05) is 0 Å². The van der Waals surface area contributed by atoms with Gasteiger partial charge in [0.1, 0.15) is 11.7 Å². The predicted octanol–water partition coefficient (Wildman–Crippen LogP) is 0.624. The molecule has 0 radical (unpaired) electrons. The maximum atomic E-state index is 11.8. The van der Waals surface area contributed by atoms with Gasteiger partial charge in [-0.1, -0.05) is 12.1 Å². The maximum absolute atomic E-state index is 11.8. The zero-order valence-electron chi connectivity index (χ0n) is 8.59. The number of benzene rings is 1. The van der Waals surface area contributed by atoms with Crippen LogP contribution in [0.25, 0.3) is 0 Å². The van der Waals surface area contributed by atoms with Crippen LogP contribution in [0.2, 0.25) is 0 Å². The van der Waals surface area contributed by atoms with Gasteiger partial charge in [-0.3, -0.25) is 9.59 Å². The van der Waals surface area contributed by atoms with Gasteiger partial charge in [0.25, 0.3) is 0 Å². The first-order valence-corrected chi connectivity index (χ1v) is 4.83. The van der Waals surface area contributed by atoms with Gasteiger partial charge >= 0.3 is 5.97 Å². The van der Waals surface area contributed by atoms with Crippen molar-refractivity contribution >= 4 is 11.8 Å². The fourth-order valence-electron chi connectivity index (χ4n) is 1.40. The molecule has 16 heavy (non-hydrogen) atoms. The van der Waals surface area contributed by atoms with Gasteiger partial charge in [0.15, 0.2) is 5.78 Å². The smallest absolute Gasteiger partial charge is 0.314 e. The Kier molecular flexibility index (Phi) is 4.02. The third kappa shape index (κ3) is 2.58. The van der Waals surface area contributed by atoms with E-state index in [0.29, 0.717) is 0 Å². The first kappa shape index (κ1) is 12.2. The number of hydrogen-bond acceptors (Lipinski definition) is 4. The van der Waals surface area contributed by atoms with Crippen LogP contribution in [0.5, 0.6) is 5.75 Å². The lowest BCUT2D eigenvalue weighted by atomic mass is 9.94. The number of carboxylic acids is 1. The number of aliphatic carboxylic acids is 1. The molecule has 1 atom stereocenters. The highest BCUT2D eigenvalue weighted by Gasteiger charge is 2.27. The Bertz CT molecular complexity index is 403. The van der Waals surface area contributed by atoms with Crippen LogP contribution in [0, 0.1) is 5.92 Å². The van der Waals surface area contributed by atoms with Crippen LogP contribution >= 0.6 is 0 Å². The predicted molar refractivity (Wildman–Crippen MR) is 57.2 cm³/mol. The Hall–Kier alpha value is -1.88. The standard InChI is InChI=1S/C11H13NO4/c12-6-5-8(11(15)16)10(14)7-3-1-2-4-9(7)13/h1-4,8,13H,5-6,12H2,(H,15,16). The van der Waals surface area contributed by atoms with E-state index < -0.39 is 17.7 Å². The molecule has 1 rings (SSSR count). The second kappa shape index (κ2) is 5.27. The molecule has 0 aliphatic carbocycles. The lowest BCUT2D eigenvalue weighted by Gasteiger charge is -2.10. The van der Waals surface area contributed by atoms with Crippen molar-refractivity contribution in [2.24, 2.45) is 11.7 Å². The Balaban J connectivity index is 2.99. The van der Waals surface area contributed by atoms with E-state index in [0.717, 1.165) is 0 Å². The molecule has 86 valence electrons. The Labute approximate surface area is 92.5 Å². The zero-order chi connectivity index (χ0) is 12.1. The molecule has 0 saturated heterocycles. The second-order valence-electron chi connectivity index (χ2n) is 3.35. The van der Waals surface area contributed by atoms with Crippen LogP contribution < -0.4 is 5.73 Å². The summed E-state index contributed by atoms with van der Waals surface area (Å²) in [6.45, 7) is 0.107. The summed E-state index contributed by atoms with van der Waals surface area (Å²) in [6, 6.07) is 5.86. The first-order chi connectivity index (χ1) is 7.57. The largest absolute Gasteiger partial charge is 0.507 e. The van der Waals surface area contributed by atoms with Crippen LogP contribution in [0.4, 0.5) is 0 Å².